The van der Waals surface area contributed by atoms with Gasteiger partial charge in [0.1, 0.15) is 0 Å². The van der Waals surface area contributed by atoms with Gasteiger partial charge in [-0.05, 0) is 69.8 Å². The lowest BCUT2D eigenvalue weighted by Crippen LogP contribution is -2.35. The van der Waals surface area contributed by atoms with Gasteiger partial charge < -0.3 is 5.11 Å². The molecule has 0 unspecified atom stereocenters. The minimum absolute atomic E-state index is 0.140. The van der Waals surface area contributed by atoms with E-state index in [0.717, 1.165) is 12.8 Å². The van der Waals surface area contributed by atoms with Gasteiger partial charge in [-0.1, -0.05) is 59.8 Å². The van der Waals surface area contributed by atoms with E-state index in [1.54, 1.807) is 5.56 Å². The van der Waals surface area contributed by atoms with E-state index in [0.29, 0.717) is 0 Å². The maximum absolute atomic E-state index is 9.42. The molecule has 1 aromatic carbocycles. The maximum atomic E-state index is 9.42. The van der Waals surface area contributed by atoms with Gasteiger partial charge in [-0.15, -0.1) is 0 Å². The van der Waals surface area contributed by atoms with Crippen LogP contribution in [0.1, 0.15) is 89.5 Å². The number of hydrogen-bond acceptors (Lipinski definition) is 1. The summed E-state index contributed by atoms with van der Waals surface area (Å²) < 4.78 is 0. The highest BCUT2D eigenvalue weighted by Crippen LogP contribution is 2.51. The molecule has 1 aromatic rings. The molecule has 1 nitrogen and oxygen atoms in total. The summed E-state index contributed by atoms with van der Waals surface area (Å²) in [5.74, 6) is 0. The largest absolute Gasteiger partial charge is 0.392 e. The van der Waals surface area contributed by atoms with E-state index in [-0.39, 0.29) is 22.9 Å². The molecule has 0 heterocycles. The van der Waals surface area contributed by atoms with Crippen molar-refractivity contribution in [3.63, 3.8) is 0 Å². The fraction of sp³-hybridized carbons (Fsp3) is 0.636. The zero-order valence-corrected chi connectivity index (χ0v) is 15.7. The summed E-state index contributed by atoms with van der Waals surface area (Å²) in [4.78, 5) is 0. The highest BCUT2D eigenvalue weighted by molar-refractivity contribution is 5.73. The van der Waals surface area contributed by atoms with Crippen LogP contribution in [0.25, 0.3) is 5.57 Å². The molecule has 2 aliphatic rings. The van der Waals surface area contributed by atoms with Crippen molar-refractivity contribution in [2.24, 2.45) is 0 Å². The molecule has 0 fully saturated rings. The average Bonchev–Trinajstić information content (AvgIpc) is 2.46. The van der Waals surface area contributed by atoms with E-state index in [4.69, 9.17) is 0 Å². The van der Waals surface area contributed by atoms with Crippen LogP contribution in [-0.4, -0.2) is 11.7 Å². The molecular weight excluding hydrogens is 280 g/mol. The van der Waals surface area contributed by atoms with Gasteiger partial charge in [0.25, 0.3) is 0 Å². The van der Waals surface area contributed by atoms with Crippen molar-refractivity contribution >= 4 is 5.57 Å². The van der Waals surface area contributed by atoms with E-state index in [1.807, 2.05) is 6.08 Å². The van der Waals surface area contributed by atoms with E-state index >= 15 is 0 Å². The summed E-state index contributed by atoms with van der Waals surface area (Å²) in [5.41, 5.74) is 7.99. The van der Waals surface area contributed by atoms with Crippen molar-refractivity contribution in [2.75, 3.05) is 6.61 Å². The lowest BCUT2D eigenvalue weighted by Gasteiger charge is -2.44. The molecule has 0 saturated heterocycles. The van der Waals surface area contributed by atoms with Crippen LogP contribution in [0.15, 0.2) is 18.2 Å². The lowest BCUT2D eigenvalue weighted by molar-refractivity contribution is 0.330. The van der Waals surface area contributed by atoms with Crippen molar-refractivity contribution in [3.8, 4) is 0 Å². The van der Waals surface area contributed by atoms with E-state index < -0.39 is 0 Å². The van der Waals surface area contributed by atoms with Gasteiger partial charge in [-0.3, -0.25) is 0 Å². The third-order valence-electron chi connectivity index (χ3n) is 6.42. The van der Waals surface area contributed by atoms with Crippen LogP contribution in [0.3, 0.4) is 0 Å². The first kappa shape index (κ1) is 16.8. The van der Waals surface area contributed by atoms with Crippen molar-refractivity contribution in [1.29, 1.82) is 0 Å². The smallest absolute Gasteiger partial charge is 0.0618 e. The first-order chi connectivity index (χ1) is 10.6. The van der Waals surface area contributed by atoms with Crippen LogP contribution in [-0.2, 0) is 16.2 Å². The molecule has 0 aliphatic heterocycles. The number of rotatable bonds is 1. The molecule has 0 aromatic heterocycles. The summed E-state index contributed by atoms with van der Waals surface area (Å²) in [5, 5.41) is 9.42. The summed E-state index contributed by atoms with van der Waals surface area (Å²) >= 11 is 0. The molecular formula is C22H32O. The third kappa shape index (κ3) is 2.67. The Bertz CT molecular complexity index is 659. The quantitative estimate of drug-likeness (QED) is 0.727. The normalized spacial score (nSPS) is 25.8. The number of hydrogen-bond donors (Lipinski definition) is 1. The Labute approximate surface area is 141 Å². The molecule has 1 N–H and O–H groups in total. The summed E-state index contributed by atoms with van der Waals surface area (Å²) in [6, 6.07) is 4.98. The minimum Gasteiger partial charge on any atom is -0.392 e. The van der Waals surface area contributed by atoms with Crippen molar-refractivity contribution in [1.82, 2.24) is 0 Å². The highest BCUT2D eigenvalue weighted by Gasteiger charge is 2.40. The van der Waals surface area contributed by atoms with Crippen LogP contribution < -0.4 is 0 Å². The second-order valence-electron chi connectivity index (χ2n) is 9.51. The van der Waals surface area contributed by atoms with Gasteiger partial charge in [0.15, 0.2) is 0 Å². The van der Waals surface area contributed by atoms with Crippen LogP contribution in [0.2, 0.25) is 0 Å². The predicted molar refractivity (Wildman–Crippen MR) is 99.1 cm³/mol. The summed E-state index contributed by atoms with van der Waals surface area (Å²) in [6.07, 6.45) is 6.75. The average molecular weight is 312 g/mol. The second kappa shape index (κ2) is 5.21. The molecule has 2 aliphatic carbocycles. The van der Waals surface area contributed by atoms with Crippen molar-refractivity contribution in [3.05, 3.63) is 40.5 Å². The van der Waals surface area contributed by atoms with Gasteiger partial charge in [-0.2, -0.15) is 0 Å². The summed E-state index contributed by atoms with van der Waals surface area (Å²) in [6.45, 7) is 14.4. The highest BCUT2D eigenvalue weighted by atomic mass is 16.2. The topological polar surface area (TPSA) is 20.2 Å². The predicted octanol–water partition coefficient (Wildman–Crippen LogP) is 5.48. The molecule has 0 atom stereocenters. The Morgan fingerprint density at radius 1 is 0.826 bits per heavy atom. The Balaban J connectivity index is 2.30. The standard InChI is InChI=1S/C22H32O/c1-20(2)9-7-15(8-12-23)16-13-18-19(14-17(16)20)22(5,6)11-10-21(18,3)4/h8,13-14,23H,7,9-12H2,1-6H3/b15-8-. The zero-order chi connectivity index (χ0) is 17.0. The third-order valence-corrected chi connectivity index (χ3v) is 6.42. The van der Waals surface area contributed by atoms with Gasteiger partial charge in [-0.25, -0.2) is 0 Å². The Hall–Kier alpha value is -1.08. The number of allylic oxidation sites excluding steroid dienone is 1. The minimum atomic E-state index is 0.140. The lowest BCUT2D eigenvalue weighted by atomic mass is 9.60. The molecule has 126 valence electrons. The number of benzene rings is 1. The van der Waals surface area contributed by atoms with Crippen molar-refractivity contribution < 1.29 is 5.11 Å². The van der Waals surface area contributed by atoms with Crippen molar-refractivity contribution in [2.45, 2.75) is 83.5 Å². The maximum Gasteiger partial charge on any atom is 0.0618 e. The molecule has 3 rings (SSSR count). The molecule has 0 amide bonds. The molecule has 0 spiro atoms. The molecule has 0 radical (unpaired) electrons. The first-order valence-corrected chi connectivity index (χ1v) is 9.08. The van der Waals surface area contributed by atoms with Gasteiger partial charge in [0.05, 0.1) is 6.61 Å². The van der Waals surface area contributed by atoms with Crippen LogP contribution in [0.5, 0.6) is 0 Å². The Kier molecular flexibility index (Phi) is 3.80. The van der Waals surface area contributed by atoms with Crippen LogP contribution >= 0.6 is 0 Å². The Morgan fingerprint density at radius 2 is 1.35 bits per heavy atom. The van der Waals surface area contributed by atoms with Gasteiger partial charge in [0, 0.05) is 0 Å². The van der Waals surface area contributed by atoms with Gasteiger partial charge >= 0.3 is 0 Å². The molecule has 23 heavy (non-hydrogen) atoms. The number of aliphatic hydroxyl groups excluding tert-OH is 1. The first-order valence-electron chi connectivity index (χ1n) is 9.08. The van der Waals surface area contributed by atoms with E-state index in [1.165, 1.54) is 35.1 Å². The SMILES string of the molecule is CC1(C)CC/C(=C/CO)c2cc3c(cc21)C(C)(C)CCC3(C)C. The number of aliphatic hydroxyl groups is 1. The number of fused-ring (bicyclic) bond motifs is 2. The van der Waals surface area contributed by atoms with Crippen LogP contribution in [0.4, 0.5) is 0 Å². The van der Waals surface area contributed by atoms with Crippen LogP contribution in [0, 0.1) is 0 Å². The van der Waals surface area contributed by atoms with E-state index in [2.05, 4.69) is 53.7 Å². The Morgan fingerprint density at radius 3 is 1.91 bits per heavy atom. The second-order valence-corrected chi connectivity index (χ2v) is 9.51. The molecule has 1 heteroatoms. The molecule has 0 bridgehead atoms. The van der Waals surface area contributed by atoms with E-state index in [9.17, 15) is 5.11 Å². The fourth-order valence-corrected chi connectivity index (χ4v) is 4.48. The molecule has 0 saturated carbocycles. The zero-order valence-electron chi connectivity index (χ0n) is 15.7. The summed E-state index contributed by atoms with van der Waals surface area (Å²) in [7, 11) is 0. The monoisotopic (exact) mass is 312 g/mol. The van der Waals surface area contributed by atoms with Gasteiger partial charge in [0.2, 0.25) is 0 Å². The fourth-order valence-electron chi connectivity index (χ4n) is 4.48.